The zero-order chi connectivity index (χ0) is 13.5. The van der Waals surface area contributed by atoms with Gasteiger partial charge in [-0.15, -0.1) is 0 Å². The first-order valence-corrected chi connectivity index (χ1v) is 6.30. The molecule has 1 aromatic carbocycles. The minimum atomic E-state index is 0.0160. The maximum Gasteiger partial charge on any atom is 0.222 e. The Morgan fingerprint density at radius 3 is 2.74 bits per heavy atom. The van der Waals surface area contributed by atoms with Crippen molar-refractivity contribution in [3.8, 4) is 0 Å². The molecule has 0 fully saturated rings. The number of hydrogen-bond acceptors (Lipinski definition) is 3. The van der Waals surface area contributed by atoms with Crippen LogP contribution in [0.15, 0.2) is 42.7 Å². The molecule has 100 valence electrons. The summed E-state index contributed by atoms with van der Waals surface area (Å²) in [5.74, 6) is 0.0160. The normalized spacial score (nSPS) is 10.4. The van der Waals surface area contributed by atoms with E-state index >= 15 is 0 Å². The van der Waals surface area contributed by atoms with Gasteiger partial charge in [0.15, 0.2) is 0 Å². The molecule has 0 radical (unpaired) electrons. The van der Waals surface area contributed by atoms with E-state index in [-0.39, 0.29) is 5.91 Å². The van der Waals surface area contributed by atoms with E-state index in [1.165, 1.54) is 0 Å². The average Bonchev–Trinajstić information content (AvgIpc) is 2.96. The molecule has 0 spiro atoms. The van der Waals surface area contributed by atoms with E-state index in [1.54, 1.807) is 10.9 Å². The van der Waals surface area contributed by atoms with Crippen molar-refractivity contribution in [2.45, 2.75) is 26.1 Å². The third kappa shape index (κ3) is 3.93. The predicted octanol–water partition coefficient (Wildman–Crippen LogP) is 1.05. The molecule has 2 rings (SSSR count). The summed E-state index contributed by atoms with van der Waals surface area (Å²) < 4.78 is 1.74. The summed E-state index contributed by atoms with van der Waals surface area (Å²) in [4.78, 5) is 11.7. The highest BCUT2D eigenvalue weighted by atomic mass is 16.1. The van der Waals surface area contributed by atoms with Crippen LogP contribution in [0.25, 0.3) is 0 Å². The number of rotatable bonds is 6. The van der Waals surface area contributed by atoms with Gasteiger partial charge in [-0.3, -0.25) is 9.48 Å². The molecule has 0 bridgehead atoms. The minimum absolute atomic E-state index is 0.0160. The van der Waals surface area contributed by atoms with E-state index in [4.69, 9.17) is 5.73 Å². The van der Waals surface area contributed by atoms with Crippen molar-refractivity contribution in [3.63, 3.8) is 0 Å². The number of nitrogens with one attached hydrogen (secondary N) is 1. The zero-order valence-electron chi connectivity index (χ0n) is 10.7. The standard InChI is InChI=1S/C14H18N4O/c15-10-12-4-1-2-5-13(12)11-16-14(19)6-9-18-8-3-7-17-18/h1-5,7-8H,6,9-11,15H2,(H,16,19). The molecule has 0 unspecified atom stereocenters. The van der Waals surface area contributed by atoms with Gasteiger partial charge in [-0.05, 0) is 17.2 Å². The maximum atomic E-state index is 11.7. The number of amides is 1. The van der Waals surface area contributed by atoms with Gasteiger partial charge in [0.1, 0.15) is 0 Å². The molecule has 3 N–H and O–H groups in total. The van der Waals surface area contributed by atoms with Crippen molar-refractivity contribution in [1.82, 2.24) is 15.1 Å². The van der Waals surface area contributed by atoms with Crippen molar-refractivity contribution in [3.05, 3.63) is 53.9 Å². The predicted molar refractivity (Wildman–Crippen MR) is 73.0 cm³/mol. The number of nitrogens with zero attached hydrogens (tertiary/aromatic N) is 2. The number of carbonyl (C=O) groups is 1. The first-order chi connectivity index (χ1) is 9.29. The van der Waals surface area contributed by atoms with E-state index < -0.39 is 0 Å². The van der Waals surface area contributed by atoms with Gasteiger partial charge in [0.05, 0.1) is 0 Å². The highest BCUT2D eigenvalue weighted by Gasteiger charge is 2.04. The van der Waals surface area contributed by atoms with Crippen LogP contribution in [0, 0.1) is 0 Å². The lowest BCUT2D eigenvalue weighted by atomic mass is 10.1. The van der Waals surface area contributed by atoms with E-state index in [0.717, 1.165) is 11.1 Å². The Bertz CT molecular complexity index is 522. The van der Waals surface area contributed by atoms with E-state index in [2.05, 4.69) is 10.4 Å². The smallest absolute Gasteiger partial charge is 0.222 e. The minimum Gasteiger partial charge on any atom is -0.352 e. The molecule has 0 saturated heterocycles. The molecule has 0 atom stereocenters. The molecule has 2 aromatic rings. The second-order valence-corrected chi connectivity index (χ2v) is 4.27. The Balaban J connectivity index is 1.80. The van der Waals surface area contributed by atoms with Crippen LogP contribution in [0.5, 0.6) is 0 Å². The molecule has 0 saturated carbocycles. The summed E-state index contributed by atoms with van der Waals surface area (Å²) in [7, 11) is 0. The van der Waals surface area contributed by atoms with Crippen LogP contribution >= 0.6 is 0 Å². The lowest BCUT2D eigenvalue weighted by Crippen LogP contribution is -2.24. The van der Waals surface area contributed by atoms with Crippen molar-refractivity contribution >= 4 is 5.91 Å². The van der Waals surface area contributed by atoms with Crippen molar-refractivity contribution in [2.75, 3.05) is 0 Å². The molecule has 0 aliphatic heterocycles. The topological polar surface area (TPSA) is 72.9 Å². The molecule has 0 aliphatic rings. The number of hydrogen-bond donors (Lipinski definition) is 2. The summed E-state index contributed by atoms with van der Waals surface area (Å²) in [5.41, 5.74) is 7.79. The first kappa shape index (κ1) is 13.3. The summed E-state index contributed by atoms with van der Waals surface area (Å²) in [6.45, 7) is 1.60. The van der Waals surface area contributed by atoms with Gasteiger partial charge in [0.25, 0.3) is 0 Å². The lowest BCUT2D eigenvalue weighted by Gasteiger charge is -2.09. The fourth-order valence-electron chi connectivity index (χ4n) is 1.86. The Morgan fingerprint density at radius 1 is 1.26 bits per heavy atom. The monoisotopic (exact) mass is 258 g/mol. The number of aryl methyl sites for hydroxylation is 1. The van der Waals surface area contributed by atoms with Crippen LogP contribution in [0.2, 0.25) is 0 Å². The number of aromatic nitrogens is 2. The second kappa shape index (κ2) is 6.70. The largest absolute Gasteiger partial charge is 0.352 e. The van der Waals surface area contributed by atoms with E-state index in [1.807, 2.05) is 36.5 Å². The van der Waals surface area contributed by atoms with Gasteiger partial charge >= 0.3 is 0 Å². The molecule has 5 heteroatoms. The van der Waals surface area contributed by atoms with Crippen molar-refractivity contribution < 1.29 is 4.79 Å². The van der Waals surface area contributed by atoms with Gasteiger partial charge in [0, 0.05) is 38.4 Å². The molecular weight excluding hydrogens is 240 g/mol. The van der Waals surface area contributed by atoms with Crippen LogP contribution in [0.4, 0.5) is 0 Å². The van der Waals surface area contributed by atoms with Crippen LogP contribution in [-0.4, -0.2) is 15.7 Å². The summed E-state index contributed by atoms with van der Waals surface area (Å²) in [6, 6.07) is 9.70. The molecule has 5 nitrogen and oxygen atoms in total. The quantitative estimate of drug-likeness (QED) is 0.813. The Hall–Kier alpha value is -2.14. The number of nitrogens with two attached hydrogens (primary N) is 1. The van der Waals surface area contributed by atoms with Crippen molar-refractivity contribution in [2.24, 2.45) is 5.73 Å². The number of benzene rings is 1. The van der Waals surface area contributed by atoms with Gasteiger partial charge in [0.2, 0.25) is 5.91 Å². The summed E-state index contributed by atoms with van der Waals surface area (Å²) in [6.07, 6.45) is 3.97. The van der Waals surface area contributed by atoms with Gasteiger partial charge in [-0.1, -0.05) is 24.3 Å². The lowest BCUT2D eigenvalue weighted by molar-refractivity contribution is -0.121. The van der Waals surface area contributed by atoms with Crippen LogP contribution in [0.1, 0.15) is 17.5 Å². The van der Waals surface area contributed by atoms with Crippen molar-refractivity contribution in [1.29, 1.82) is 0 Å². The Labute approximate surface area is 112 Å². The number of carbonyl (C=O) groups excluding carboxylic acids is 1. The highest BCUT2D eigenvalue weighted by molar-refractivity contribution is 5.75. The van der Waals surface area contributed by atoms with Crippen LogP contribution in [-0.2, 0) is 24.4 Å². The summed E-state index contributed by atoms with van der Waals surface area (Å²) in [5, 5.41) is 6.95. The fourth-order valence-corrected chi connectivity index (χ4v) is 1.86. The molecule has 1 aromatic heterocycles. The van der Waals surface area contributed by atoms with Crippen LogP contribution < -0.4 is 11.1 Å². The summed E-state index contributed by atoms with van der Waals surface area (Å²) >= 11 is 0. The first-order valence-electron chi connectivity index (χ1n) is 6.30. The molecule has 0 aliphatic carbocycles. The molecule has 1 heterocycles. The molecule has 1 amide bonds. The third-order valence-corrected chi connectivity index (χ3v) is 2.94. The molecular formula is C14H18N4O. The Kier molecular flexibility index (Phi) is 4.69. The SMILES string of the molecule is NCc1ccccc1CNC(=O)CCn1cccn1. The second-order valence-electron chi connectivity index (χ2n) is 4.27. The maximum absolute atomic E-state index is 11.7. The fraction of sp³-hybridized carbons (Fsp3) is 0.286. The van der Waals surface area contributed by atoms with Gasteiger partial charge in [-0.25, -0.2) is 0 Å². The average molecular weight is 258 g/mol. The molecule has 19 heavy (non-hydrogen) atoms. The van der Waals surface area contributed by atoms with Gasteiger partial charge in [-0.2, -0.15) is 5.10 Å². The van der Waals surface area contributed by atoms with E-state index in [9.17, 15) is 4.79 Å². The third-order valence-electron chi connectivity index (χ3n) is 2.94. The highest BCUT2D eigenvalue weighted by Crippen LogP contribution is 2.07. The Morgan fingerprint density at radius 2 is 2.05 bits per heavy atom. The van der Waals surface area contributed by atoms with Gasteiger partial charge < -0.3 is 11.1 Å². The van der Waals surface area contributed by atoms with E-state index in [0.29, 0.717) is 26.1 Å². The zero-order valence-corrected chi connectivity index (χ0v) is 10.7. The van der Waals surface area contributed by atoms with Crippen LogP contribution in [0.3, 0.4) is 0 Å².